The van der Waals surface area contributed by atoms with Gasteiger partial charge in [-0.3, -0.25) is 19.3 Å². The number of amides is 3. The molecule has 1 aliphatic heterocycles. The molecule has 1 aliphatic rings. The third kappa shape index (κ3) is 3.44. The fourth-order valence-electron chi connectivity index (χ4n) is 2.75. The van der Waals surface area contributed by atoms with Crippen molar-refractivity contribution in [2.75, 3.05) is 13.1 Å². The second kappa shape index (κ2) is 7.40. The van der Waals surface area contributed by atoms with Gasteiger partial charge in [0.05, 0.1) is 11.1 Å². The lowest BCUT2D eigenvalue weighted by Gasteiger charge is -2.30. The largest absolute Gasteiger partial charge is 0.338 e. The number of rotatable bonds is 7. The molecule has 124 valence electrons. The van der Waals surface area contributed by atoms with Crippen molar-refractivity contribution < 1.29 is 14.4 Å². The molecular weight excluding hydrogens is 292 g/mol. The van der Waals surface area contributed by atoms with Crippen molar-refractivity contribution in [3.05, 3.63) is 35.4 Å². The summed E-state index contributed by atoms with van der Waals surface area (Å²) >= 11 is 0. The van der Waals surface area contributed by atoms with E-state index in [9.17, 15) is 14.4 Å². The van der Waals surface area contributed by atoms with Crippen molar-refractivity contribution in [2.24, 2.45) is 0 Å². The summed E-state index contributed by atoms with van der Waals surface area (Å²) in [5.74, 6) is -0.917. The van der Waals surface area contributed by atoms with Crippen LogP contribution in [0, 0.1) is 0 Å². The molecule has 5 nitrogen and oxygen atoms in total. The van der Waals surface area contributed by atoms with Crippen LogP contribution < -0.4 is 0 Å². The quantitative estimate of drug-likeness (QED) is 0.727. The molecule has 1 heterocycles. The highest BCUT2D eigenvalue weighted by molar-refractivity contribution is 6.22. The van der Waals surface area contributed by atoms with E-state index in [0.717, 1.165) is 24.2 Å². The maximum Gasteiger partial charge on any atom is 0.262 e. The summed E-state index contributed by atoms with van der Waals surface area (Å²) < 4.78 is 0. The molecule has 0 bridgehead atoms. The Kier molecular flexibility index (Phi) is 5.53. The van der Waals surface area contributed by atoms with Crippen LogP contribution >= 0.6 is 0 Å². The monoisotopic (exact) mass is 316 g/mol. The molecule has 0 fully saturated rings. The molecule has 0 aliphatic carbocycles. The number of imide groups is 1. The Morgan fingerprint density at radius 1 is 1.13 bits per heavy atom. The first-order chi connectivity index (χ1) is 11.0. The number of benzene rings is 1. The van der Waals surface area contributed by atoms with Crippen LogP contribution in [0.5, 0.6) is 0 Å². The fraction of sp³-hybridized carbons (Fsp3) is 0.500. The number of nitrogens with zero attached hydrogens (tertiary/aromatic N) is 2. The van der Waals surface area contributed by atoms with Crippen LogP contribution in [0.4, 0.5) is 0 Å². The summed E-state index contributed by atoms with van der Waals surface area (Å²) in [5.41, 5.74) is 0.767. The Morgan fingerprint density at radius 2 is 1.70 bits per heavy atom. The van der Waals surface area contributed by atoms with E-state index in [-0.39, 0.29) is 30.3 Å². The van der Waals surface area contributed by atoms with E-state index in [1.165, 1.54) is 0 Å². The van der Waals surface area contributed by atoms with Crippen molar-refractivity contribution in [3.8, 4) is 0 Å². The minimum Gasteiger partial charge on any atom is -0.338 e. The minimum atomic E-state index is -0.376. The molecule has 5 heteroatoms. The van der Waals surface area contributed by atoms with Crippen LogP contribution in [-0.2, 0) is 4.79 Å². The smallest absolute Gasteiger partial charge is 0.262 e. The SMILES string of the molecule is CCCCN(C(=O)CN1C(=O)c2ccccc2C1=O)C(C)CC. The maximum absolute atomic E-state index is 12.6. The van der Waals surface area contributed by atoms with Crippen molar-refractivity contribution in [1.29, 1.82) is 0 Å². The number of hydrogen-bond acceptors (Lipinski definition) is 3. The highest BCUT2D eigenvalue weighted by Gasteiger charge is 2.37. The average molecular weight is 316 g/mol. The van der Waals surface area contributed by atoms with E-state index in [4.69, 9.17) is 0 Å². The van der Waals surface area contributed by atoms with Gasteiger partial charge in [-0.15, -0.1) is 0 Å². The lowest BCUT2D eigenvalue weighted by Crippen LogP contribution is -2.46. The van der Waals surface area contributed by atoms with Crippen LogP contribution in [-0.4, -0.2) is 46.7 Å². The number of fused-ring (bicyclic) bond motifs is 1. The molecule has 1 unspecified atom stereocenters. The van der Waals surface area contributed by atoms with Crippen molar-refractivity contribution in [1.82, 2.24) is 9.80 Å². The Balaban J connectivity index is 2.13. The Hall–Kier alpha value is -2.17. The number of hydrogen-bond donors (Lipinski definition) is 0. The predicted molar refractivity (Wildman–Crippen MR) is 88.2 cm³/mol. The second-order valence-corrected chi connectivity index (χ2v) is 5.94. The summed E-state index contributed by atoms with van der Waals surface area (Å²) in [6.45, 7) is 6.58. The number of unbranched alkanes of at least 4 members (excludes halogenated alkanes) is 1. The first-order valence-electron chi connectivity index (χ1n) is 8.25. The van der Waals surface area contributed by atoms with Gasteiger partial charge in [0.1, 0.15) is 6.54 Å². The molecule has 0 spiro atoms. The van der Waals surface area contributed by atoms with Gasteiger partial charge in [-0.05, 0) is 31.9 Å². The van der Waals surface area contributed by atoms with Gasteiger partial charge in [-0.2, -0.15) is 0 Å². The van der Waals surface area contributed by atoms with Gasteiger partial charge < -0.3 is 4.90 Å². The van der Waals surface area contributed by atoms with Gasteiger partial charge in [0.25, 0.3) is 11.8 Å². The summed E-state index contributed by atoms with van der Waals surface area (Å²) in [5, 5.41) is 0. The molecule has 1 aromatic rings. The summed E-state index contributed by atoms with van der Waals surface area (Å²) in [6, 6.07) is 6.81. The van der Waals surface area contributed by atoms with Crippen LogP contribution in [0.25, 0.3) is 0 Å². The van der Waals surface area contributed by atoms with E-state index >= 15 is 0 Å². The lowest BCUT2D eigenvalue weighted by molar-refractivity contribution is -0.133. The minimum absolute atomic E-state index is 0.101. The third-order valence-corrected chi connectivity index (χ3v) is 4.37. The zero-order valence-corrected chi connectivity index (χ0v) is 14.0. The van der Waals surface area contributed by atoms with Gasteiger partial charge in [0.2, 0.25) is 5.91 Å². The van der Waals surface area contributed by atoms with Gasteiger partial charge in [-0.1, -0.05) is 32.4 Å². The zero-order valence-electron chi connectivity index (χ0n) is 14.0. The van der Waals surface area contributed by atoms with Crippen molar-refractivity contribution >= 4 is 17.7 Å². The molecule has 23 heavy (non-hydrogen) atoms. The van der Waals surface area contributed by atoms with E-state index in [2.05, 4.69) is 6.92 Å². The normalized spacial score (nSPS) is 14.8. The zero-order chi connectivity index (χ0) is 17.0. The van der Waals surface area contributed by atoms with Gasteiger partial charge >= 0.3 is 0 Å². The Labute approximate surface area is 137 Å². The van der Waals surface area contributed by atoms with E-state index in [1.54, 1.807) is 29.2 Å². The highest BCUT2D eigenvalue weighted by Crippen LogP contribution is 2.22. The second-order valence-electron chi connectivity index (χ2n) is 5.94. The van der Waals surface area contributed by atoms with E-state index in [1.807, 2.05) is 13.8 Å². The molecule has 1 atom stereocenters. The average Bonchev–Trinajstić information content (AvgIpc) is 2.80. The highest BCUT2D eigenvalue weighted by atomic mass is 16.2. The molecule has 0 saturated heterocycles. The lowest BCUT2D eigenvalue weighted by atomic mass is 10.1. The Bertz CT molecular complexity index is 577. The van der Waals surface area contributed by atoms with Gasteiger partial charge in [0.15, 0.2) is 0 Å². The fourth-order valence-corrected chi connectivity index (χ4v) is 2.75. The van der Waals surface area contributed by atoms with E-state index < -0.39 is 0 Å². The predicted octanol–water partition coefficient (Wildman–Crippen LogP) is 2.71. The first-order valence-corrected chi connectivity index (χ1v) is 8.25. The van der Waals surface area contributed by atoms with Gasteiger partial charge in [0, 0.05) is 12.6 Å². The van der Waals surface area contributed by atoms with Crippen molar-refractivity contribution in [3.63, 3.8) is 0 Å². The van der Waals surface area contributed by atoms with Crippen LogP contribution in [0.3, 0.4) is 0 Å². The van der Waals surface area contributed by atoms with Crippen LogP contribution in [0.1, 0.15) is 60.7 Å². The summed E-state index contributed by atoms with van der Waals surface area (Å²) in [4.78, 5) is 40.2. The summed E-state index contributed by atoms with van der Waals surface area (Å²) in [6.07, 6.45) is 2.75. The summed E-state index contributed by atoms with van der Waals surface area (Å²) in [7, 11) is 0. The topological polar surface area (TPSA) is 57.7 Å². The molecule has 0 radical (unpaired) electrons. The molecule has 2 rings (SSSR count). The van der Waals surface area contributed by atoms with E-state index in [0.29, 0.717) is 17.7 Å². The Morgan fingerprint density at radius 3 is 2.17 bits per heavy atom. The molecule has 0 saturated carbocycles. The molecular formula is C18H24N2O3. The standard InChI is InChI=1S/C18H24N2O3/c1-4-6-11-19(13(3)5-2)16(21)12-20-17(22)14-9-7-8-10-15(14)18(20)23/h7-10,13H,4-6,11-12H2,1-3H3. The maximum atomic E-state index is 12.6. The third-order valence-electron chi connectivity index (χ3n) is 4.37. The molecule has 0 aromatic heterocycles. The molecule has 3 amide bonds. The van der Waals surface area contributed by atoms with Crippen LogP contribution in [0.15, 0.2) is 24.3 Å². The number of carbonyl (C=O) groups excluding carboxylic acids is 3. The number of carbonyl (C=O) groups is 3. The first kappa shape index (κ1) is 17.2. The molecule has 1 aromatic carbocycles. The van der Waals surface area contributed by atoms with Gasteiger partial charge in [-0.25, -0.2) is 0 Å². The molecule has 0 N–H and O–H groups in total. The van der Waals surface area contributed by atoms with Crippen molar-refractivity contribution in [2.45, 2.75) is 46.1 Å². The van der Waals surface area contributed by atoms with Crippen LogP contribution in [0.2, 0.25) is 0 Å².